The average Bonchev–Trinajstić information content (AvgIpc) is 3.22. The highest BCUT2D eigenvalue weighted by molar-refractivity contribution is 7.89. The van der Waals surface area contributed by atoms with Crippen molar-refractivity contribution < 1.29 is 23.1 Å². The summed E-state index contributed by atoms with van der Waals surface area (Å²) in [6.45, 7) is 10.8. The number of nitrogens with one attached hydrogen (secondary N) is 1. The Balaban J connectivity index is 1.70. The largest absolute Gasteiger partial charge is 0.493 e. The number of carbonyl (C=O) groups excluding carboxylic acids is 1. The van der Waals surface area contributed by atoms with E-state index in [1.54, 1.807) is 18.2 Å². The summed E-state index contributed by atoms with van der Waals surface area (Å²) in [6.07, 6.45) is 1.90. The molecular formula is C26H41N5O5S. The molecule has 4 rings (SSSR count). The molecule has 3 aliphatic heterocycles. The number of sulfonamides is 1. The lowest BCUT2D eigenvalue weighted by Gasteiger charge is -2.41. The number of benzene rings is 1. The lowest BCUT2D eigenvalue weighted by Crippen LogP contribution is -2.50. The number of likely N-dealkylation sites (N-methyl/N-ethyl adjacent to an activating group) is 1. The molecule has 1 aromatic carbocycles. The Labute approximate surface area is 220 Å². The minimum atomic E-state index is -3.73. The Morgan fingerprint density at radius 2 is 1.84 bits per heavy atom. The van der Waals surface area contributed by atoms with Gasteiger partial charge in [0.05, 0.1) is 30.3 Å². The smallest absolute Gasteiger partial charge is 0.268 e. The van der Waals surface area contributed by atoms with E-state index in [2.05, 4.69) is 29.0 Å². The van der Waals surface area contributed by atoms with E-state index < -0.39 is 16.1 Å². The first-order chi connectivity index (χ1) is 17.7. The number of ether oxygens (including phenoxy) is 1. The van der Waals surface area contributed by atoms with E-state index in [-0.39, 0.29) is 23.6 Å². The van der Waals surface area contributed by atoms with Gasteiger partial charge in [-0.15, -0.1) is 0 Å². The van der Waals surface area contributed by atoms with Gasteiger partial charge in [-0.1, -0.05) is 13.8 Å². The lowest BCUT2D eigenvalue weighted by molar-refractivity contribution is -0.119. The van der Waals surface area contributed by atoms with Crippen molar-refractivity contribution in [3.05, 3.63) is 35.0 Å². The molecule has 11 heteroatoms. The quantitative estimate of drug-likeness (QED) is 0.461. The maximum absolute atomic E-state index is 13.6. The monoisotopic (exact) mass is 535 g/mol. The van der Waals surface area contributed by atoms with E-state index in [1.165, 1.54) is 4.31 Å². The topological polar surface area (TPSA) is 106 Å². The van der Waals surface area contributed by atoms with Gasteiger partial charge in [0.2, 0.25) is 10.0 Å². The summed E-state index contributed by atoms with van der Waals surface area (Å²) in [4.78, 5) is 19.7. The summed E-state index contributed by atoms with van der Waals surface area (Å²) >= 11 is 0. The predicted octanol–water partition coefficient (Wildman–Crippen LogP) is 1.20. The van der Waals surface area contributed by atoms with Crippen molar-refractivity contribution in [1.82, 2.24) is 24.3 Å². The minimum absolute atomic E-state index is 0.0595. The molecule has 0 radical (unpaired) electrons. The van der Waals surface area contributed by atoms with Crippen LogP contribution >= 0.6 is 0 Å². The average molecular weight is 536 g/mol. The standard InChI is InChI=1S/C26H41N5O5S/c1-5-9-30-18-22-24(27-26(33)25(22)28(4)19(30)3)21-17-20(7-8-23(21)36-16-6-2)37(34,35)31-12-10-29(11-13-31)14-15-32/h7-8,17,19,24,32H,5-6,9-16,18H2,1-4H3,(H,27,33). The second-order valence-corrected chi connectivity index (χ2v) is 11.9. The molecule has 0 bridgehead atoms. The van der Waals surface area contributed by atoms with Crippen LogP contribution in [0.5, 0.6) is 5.75 Å². The van der Waals surface area contributed by atoms with Gasteiger partial charge in [0.25, 0.3) is 5.91 Å². The zero-order valence-corrected chi connectivity index (χ0v) is 23.3. The number of amides is 1. The van der Waals surface area contributed by atoms with E-state index in [0.717, 1.165) is 25.0 Å². The summed E-state index contributed by atoms with van der Waals surface area (Å²) in [5, 5.41) is 12.3. The molecule has 1 saturated heterocycles. The number of hydrogen-bond acceptors (Lipinski definition) is 8. The van der Waals surface area contributed by atoms with E-state index in [4.69, 9.17) is 4.74 Å². The SMILES string of the molecule is CCCOc1ccc(S(=O)(=O)N2CCN(CCO)CC2)cc1C1NC(=O)C2=C1CN(CCC)C(C)N2C. The predicted molar refractivity (Wildman–Crippen MR) is 142 cm³/mol. The zero-order valence-electron chi connectivity index (χ0n) is 22.4. The van der Waals surface area contributed by atoms with Crippen molar-refractivity contribution in [2.24, 2.45) is 0 Å². The molecule has 3 aliphatic rings. The van der Waals surface area contributed by atoms with Crippen LogP contribution in [0.25, 0.3) is 0 Å². The Morgan fingerprint density at radius 1 is 1.11 bits per heavy atom. The van der Waals surface area contributed by atoms with Gasteiger partial charge in [-0.2, -0.15) is 4.31 Å². The van der Waals surface area contributed by atoms with Gasteiger partial charge in [0, 0.05) is 58.4 Å². The van der Waals surface area contributed by atoms with E-state index in [1.807, 2.05) is 18.9 Å². The molecule has 1 fully saturated rings. The second-order valence-electron chi connectivity index (χ2n) is 10.0. The third-order valence-corrected chi connectivity index (χ3v) is 9.50. The molecule has 0 aromatic heterocycles. The van der Waals surface area contributed by atoms with Gasteiger partial charge in [-0.05, 0) is 43.5 Å². The second kappa shape index (κ2) is 11.7. The molecular weight excluding hydrogens is 494 g/mol. The number of aliphatic hydroxyl groups excluding tert-OH is 1. The Bertz CT molecular complexity index is 1120. The summed E-state index contributed by atoms with van der Waals surface area (Å²) < 4.78 is 34.8. The number of nitrogens with zero attached hydrogens (tertiary/aromatic N) is 4. The lowest BCUT2D eigenvalue weighted by atomic mass is 9.96. The molecule has 0 saturated carbocycles. The fourth-order valence-corrected chi connectivity index (χ4v) is 6.92. The molecule has 0 aliphatic carbocycles. The van der Waals surface area contributed by atoms with Crippen LogP contribution in [0.2, 0.25) is 0 Å². The van der Waals surface area contributed by atoms with Gasteiger partial charge in [0.15, 0.2) is 0 Å². The van der Waals surface area contributed by atoms with E-state index in [0.29, 0.717) is 62.9 Å². The highest BCUT2D eigenvalue weighted by Crippen LogP contribution is 2.41. The van der Waals surface area contributed by atoms with Crippen molar-refractivity contribution in [3.63, 3.8) is 0 Å². The molecule has 37 heavy (non-hydrogen) atoms. The summed E-state index contributed by atoms with van der Waals surface area (Å²) in [7, 11) is -1.79. The van der Waals surface area contributed by atoms with E-state index >= 15 is 0 Å². The van der Waals surface area contributed by atoms with Gasteiger partial charge in [-0.3, -0.25) is 14.6 Å². The van der Waals surface area contributed by atoms with Crippen LogP contribution in [0.4, 0.5) is 0 Å². The number of aliphatic hydroxyl groups is 1. The number of hydrogen-bond donors (Lipinski definition) is 2. The van der Waals surface area contributed by atoms with Crippen molar-refractivity contribution in [3.8, 4) is 5.75 Å². The normalized spacial score (nSPS) is 23.9. The molecule has 2 atom stereocenters. The van der Waals surface area contributed by atoms with Crippen molar-refractivity contribution in [1.29, 1.82) is 0 Å². The van der Waals surface area contributed by atoms with Crippen LogP contribution in [-0.4, -0.2) is 111 Å². The fraction of sp³-hybridized carbons (Fsp3) is 0.654. The van der Waals surface area contributed by atoms with Gasteiger partial charge < -0.3 is 20.1 Å². The Morgan fingerprint density at radius 3 is 2.49 bits per heavy atom. The number of carbonyl (C=O) groups is 1. The molecule has 3 heterocycles. The number of piperazine rings is 1. The Hall–Kier alpha value is -2.18. The minimum Gasteiger partial charge on any atom is -0.493 e. The molecule has 1 aromatic rings. The van der Waals surface area contributed by atoms with Gasteiger partial charge in [-0.25, -0.2) is 8.42 Å². The van der Waals surface area contributed by atoms with Crippen molar-refractivity contribution >= 4 is 15.9 Å². The van der Waals surface area contributed by atoms with Gasteiger partial charge >= 0.3 is 0 Å². The summed E-state index contributed by atoms with van der Waals surface area (Å²) in [6, 6.07) is 4.56. The fourth-order valence-electron chi connectivity index (χ4n) is 5.46. The number of rotatable bonds is 10. The van der Waals surface area contributed by atoms with Crippen LogP contribution in [0, 0.1) is 0 Å². The first kappa shape index (κ1) is 27.8. The molecule has 1 amide bonds. The zero-order chi connectivity index (χ0) is 26.7. The first-order valence-corrected chi connectivity index (χ1v) is 14.8. The van der Waals surface area contributed by atoms with Crippen LogP contribution in [-0.2, 0) is 14.8 Å². The molecule has 10 nitrogen and oxygen atoms in total. The van der Waals surface area contributed by atoms with E-state index in [9.17, 15) is 18.3 Å². The van der Waals surface area contributed by atoms with Crippen LogP contribution in [0.1, 0.15) is 45.2 Å². The maximum atomic E-state index is 13.6. The van der Waals surface area contributed by atoms with Crippen LogP contribution in [0.15, 0.2) is 34.4 Å². The maximum Gasteiger partial charge on any atom is 0.268 e. The van der Waals surface area contributed by atoms with Crippen molar-refractivity contribution in [2.45, 2.75) is 50.7 Å². The molecule has 2 unspecified atom stereocenters. The third kappa shape index (κ3) is 5.51. The number of β-amino-alcohol motifs (C(OH)–C–C–N with tert-alkyl or cyclic N) is 1. The van der Waals surface area contributed by atoms with Crippen molar-refractivity contribution in [2.75, 3.05) is 66.1 Å². The highest BCUT2D eigenvalue weighted by Gasteiger charge is 2.42. The molecule has 2 N–H and O–H groups in total. The van der Waals surface area contributed by atoms with Crippen LogP contribution < -0.4 is 10.1 Å². The Kier molecular flexibility index (Phi) is 8.80. The first-order valence-electron chi connectivity index (χ1n) is 13.3. The molecule has 0 spiro atoms. The summed E-state index contributed by atoms with van der Waals surface area (Å²) in [5.41, 5.74) is 2.29. The molecule has 206 valence electrons. The third-order valence-electron chi connectivity index (χ3n) is 7.61. The summed E-state index contributed by atoms with van der Waals surface area (Å²) in [5.74, 6) is 0.455. The van der Waals surface area contributed by atoms with Crippen LogP contribution in [0.3, 0.4) is 0 Å². The highest BCUT2D eigenvalue weighted by atomic mass is 32.2. The van der Waals surface area contributed by atoms with Gasteiger partial charge in [0.1, 0.15) is 11.4 Å².